The van der Waals surface area contributed by atoms with E-state index in [2.05, 4.69) is 29.0 Å². The molecule has 0 aliphatic rings. The number of nitrogens with one attached hydrogen (secondary N) is 1. The summed E-state index contributed by atoms with van der Waals surface area (Å²) in [5.74, 6) is 0.965. The van der Waals surface area contributed by atoms with Gasteiger partial charge >= 0.3 is 5.69 Å². The molecule has 2 heterocycles. The number of imidazole rings is 1. The summed E-state index contributed by atoms with van der Waals surface area (Å²) >= 11 is 1.68. The van der Waals surface area contributed by atoms with Gasteiger partial charge in [-0.2, -0.15) is 0 Å². The summed E-state index contributed by atoms with van der Waals surface area (Å²) < 4.78 is 3.40. The van der Waals surface area contributed by atoms with Crippen molar-refractivity contribution < 1.29 is 0 Å². The molecule has 0 radical (unpaired) electrons. The molecule has 6 nitrogen and oxygen atoms in total. The van der Waals surface area contributed by atoms with E-state index >= 15 is 0 Å². The van der Waals surface area contributed by atoms with Gasteiger partial charge in [0, 0.05) is 19.3 Å². The zero-order chi connectivity index (χ0) is 20.6. The number of fused-ring (bicyclic) bond motifs is 1. The molecule has 1 N–H and O–H groups in total. The fourth-order valence-corrected chi connectivity index (χ4v) is 4.48. The van der Waals surface area contributed by atoms with E-state index in [1.807, 2.05) is 22.8 Å². The van der Waals surface area contributed by atoms with Gasteiger partial charge in [-0.3, -0.25) is 14.3 Å². The fraction of sp³-hybridized carbons (Fsp3) is 0.500. The molecule has 156 valence electrons. The molecule has 0 saturated heterocycles. The number of aromatic nitrogens is 4. The summed E-state index contributed by atoms with van der Waals surface area (Å²) in [6, 6.07) is 10.2. The zero-order valence-electron chi connectivity index (χ0n) is 17.3. The lowest BCUT2D eigenvalue weighted by Crippen LogP contribution is -2.29. The van der Waals surface area contributed by atoms with Crippen molar-refractivity contribution in [2.45, 2.75) is 63.6 Å². The van der Waals surface area contributed by atoms with Crippen molar-refractivity contribution in [3.63, 3.8) is 0 Å². The van der Waals surface area contributed by atoms with Gasteiger partial charge in [-0.1, -0.05) is 81.1 Å². The number of hydrogen-bond donors (Lipinski definition) is 1. The molecule has 0 unspecified atom stereocenters. The quantitative estimate of drug-likeness (QED) is 0.378. The summed E-state index contributed by atoms with van der Waals surface area (Å²) in [7, 11) is 1.65. The molecule has 0 aliphatic heterocycles. The Kier molecular flexibility index (Phi) is 7.75. The van der Waals surface area contributed by atoms with Crippen molar-refractivity contribution in [2.75, 3.05) is 5.75 Å². The first-order valence-electron chi connectivity index (χ1n) is 10.5. The molecule has 3 aromatic rings. The molecule has 0 fully saturated rings. The Morgan fingerprint density at radius 3 is 2.52 bits per heavy atom. The molecule has 2 aromatic heterocycles. The van der Waals surface area contributed by atoms with Crippen molar-refractivity contribution in [2.24, 2.45) is 7.05 Å². The molecular formula is C22H30N4O2S. The average Bonchev–Trinajstić information content (AvgIpc) is 3.10. The first-order chi connectivity index (χ1) is 14.1. The lowest BCUT2D eigenvalue weighted by atomic mass is 10.1. The number of aryl methyl sites for hydroxylation is 3. The highest BCUT2D eigenvalue weighted by molar-refractivity contribution is 7.99. The van der Waals surface area contributed by atoms with E-state index in [0.29, 0.717) is 17.7 Å². The minimum atomic E-state index is -0.428. The number of rotatable bonds is 11. The second kappa shape index (κ2) is 10.5. The largest absolute Gasteiger partial charge is 0.329 e. The van der Waals surface area contributed by atoms with Crippen LogP contribution in [0, 0.1) is 0 Å². The minimum absolute atomic E-state index is 0.366. The topological polar surface area (TPSA) is 72.7 Å². The van der Waals surface area contributed by atoms with Gasteiger partial charge in [0.05, 0.1) is 0 Å². The van der Waals surface area contributed by atoms with Crippen LogP contribution in [0.3, 0.4) is 0 Å². The fourth-order valence-electron chi connectivity index (χ4n) is 3.46. The molecule has 1 aromatic carbocycles. The molecule has 7 heteroatoms. The third-order valence-electron chi connectivity index (χ3n) is 5.17. The zero-order valence-corrected chi connectivity index (χ0v) is 18.1. The number of thioether (sulfide) groups is 1. The standard InChI is InChI=1S/C22H30N4O2S/c1-3-4-5-6-7-11-16-29-22-23-19-18(20(27)24-21(28)25(19)2)26(22)15-14-17-12-9-8-10-13-17/h8-10,12-13H,3-7,11,14-16H2,1-2H3,(H,24,27,28). The second-order valence-electron chi connectivity index (χ2n) is 7.39. The van der Waals surface area contributed by atoms with Gasteiger partial charge in [-0.15, -0.1) is 0 Å². The molecule has 0 atom stereocenters. The van der Waals surface area contributed by atoms with Crippen molar-refractivity contribution >= 4 is 22.9 Å². The normalized spacial score (nSPS) is 11.4. The van der Waals surface area contributed by atoms with Crippen LogP contribution in [0.4, 0.5) is 0 Å². The monoisotopic (exact) mass is 414 g/mol. The summed E-state index contributed by atoms with van der Waals surface area (Å²) in [5, 5.41) is 0.816. The van der Waals surface area contributed by atoms with Gasteiger partial charge in [-0.25, -0.2) is 9.78 Å². The van der Waals surface area contributed by atoms with E-state index < -0.39 is 5.69 Å². The highest BCUT2D eigenvalue weighted by Gasteiger charge is 2.17. The first-order valence-corrected chi connectivity index (χ1v) is 11.5. The number of H-pyrrole nitrogens is 1. The Hall–Kier alpha value is -2.28. The minimum Gasteiger partial charge on any atom is -0.313 e. The molecule has 0 saturated carbocycles. The van der Waals surface area contributed by atoms with Crippen LogP contribution in [0.5, 0.6) is 0 Å². The molecule has 0 aliphatic carbocycles. The highest BCUT2D eigenvalue weighted by Crippen LogP contribution is 2.23. The Balaban J connectivity index is 1.79. The van der Waals surface area contributed by atoms with E-state index in [-0.39, 0.29) is 5.56 Å². The predicted molar refractivity (Wildman–Crippen MR) is 120 cm³/mol. The Morgan fingerprint density at radius 1 is 1.03 bits per heavy atom. The van der Waals surface area contributed by atoms with Gasteiger partial charge in [-0.05, 0) is 18.4 Å². The van der Waals surface area contributed by atoms with Crippen molar-refractivity contribution in [3.8, 4) is 0 Å². The van der Waals surface area contributed by atoms with Gasteiger partial charge in [0.15, 0.2) is 16.3 Å². The Labute approximate surface area is 175 Å². The van der Waals surface area contributed by atoms with Crippen LogP contribution in [-0.2, 0) is 20.0 Å². The molecule has 0 amide bonds. The van der Waals surface area contributed by atoms with Gasteiger partial charge < -0.3 is 4.57 Å². The maximum atomic E-state index is 12.5. The maximum Gasteiger partial charge on any atom is 0.329 e. The molecular weight excluding hydrogens is 384 g/mol. The molecule has 29 heavy (non-hydrogen) atoms. The number of hydrogen-bond acceptors (Lipinski definition) is 4. The van der Waals surface area contributed by atoms with Gasteiger partial charge in [0.1, 0.15) is 0 Å². The third kappa shape index (κ3) is 5.41. The smallest absolute Gasteiger partial charge is 0.313 e. The summed E-state index contributed by atoms with van der Waals surface area (Å²) in [6.07, 6.45) is 8.29. The Morgan fingerprint density at radius 2 is 1.76 bits per heavy atom. The van der Waals surface area contributed by atoms with Crippen molar-refractivity contribution in [1.82, 2.24) is 19.1 Å². The van der Waals surface area contributed by atoms with E-state index in [1.54, 1.807) is 18.8 Å². The number of benzene rings is 1. The molecule has 0 spiro atoms. The van der Waals surface area contributed by atoms with E-state index in [0.717, 1.165) is 23.8 Å². The number of aromatic amines is 1. The van der Waals surface area contributed by atoms with Crippen LogP contribution in [0.1, 0.15) is 51.0 Å². The van der Waals surface area contributed by atoms with Gasteiger partial charge in [0.2, 0.25) is 0 Å². The Bertz CT molecular complexity index is 1040. The first kappa shape index (κ1) is 21.4. The van der Waals surface area contributed by atoms with Crippen LogP contribution in [0.25, 0.3) is 11.2 Å². The van der Waals surface area contributed by atoms with E-state index in [4.69, 9.17) is 0 Å². The summed E-state index contributed by atoms with van der Waals surface area (Å²) in [4.78, 5) is 31.6. The lowest BCUT2D eigenvalue weighted by molar-refractivity contribution is 0.625. The number of unbranched alkanes of at least 4 members (excludes halogenated alkanes) is 5. The van der Waals surface area contributed by atoms with E-state index in [1.165, 1.54) is 42.2 Å². The van der Waals surface area contributed by atoms with Crippen LogP contribution < -0.4 is 11.2 Å². The van der Waals surface area contributed by atoms with Gasteiger partial charge in [0.25, 0.3) is 5.56 Å². The SMILES string of the molecule is CCCCCCCCSc1nc2c(c(=O)[nH]c(=O)n2C)n1CCc1ccccc1. The molecule has 3 rings (SSSR count). The second-order valence-corrected chi connectivity index (χ2v) is 8.45. The summed E-state index contributed by atoms with van der Waals surface area (Å²) in [6.45, 7) is 2.88. The summed E-state index contributed by atoms with van der Waals surface area (Å²) in [5.41, 5.74) is 1.35. The molecule has 0 bridgehead atoms. The van der Waals surface area contributed by atoms with Crippen LogP contribution in [-0.4, -0.2) is 24.9 Å². The van der Waals surface area contributed by atoms with Crippen LogP contribution >= 0.6 is 11.8 Å². The van der Waals surface area contributed by atoms with Crippen molar-refractivity contribution in [1.29, 1.82) is 0 Å². The van der Waals surface area contributed by atoms with E-state index in [9.17, 15) is 9.59 Å². The van der Waals surface area contributed by atoms with Crippen LogP contribution in [0.15, 0.2) is 45.1 Å². The third-order valence-corrected chi connectivity index (χ3v) is 6.23. The highest BCUT2D eigenvalue weighted by atomic mass is 32.2. The lowest BCUT2D eigenvalue weighted by Gasteiger charge is -2.09. The van der Waals surface area contributed by atoms with Crippen LogP contribution in [0.2, 0.25) is 0 Å². The number of nitrogens with zero attached hydrogens (tertiary/aromatic N) is 3. The maximum absolute atomic E-state index is 12.5. The average molecular weight is 415 g/mol. The van der Waals surface area contributed by atoms with Crippen molar-refractivity contribution in [3.05, 3.63) is 56.7 Å². The predicted octanol–water partition coefficient (Wildman–Crippen LogP) is 4.12.